The van der Waals surface area contributed by atoms with Gasteiger partial charge in [-0.05, 0) is 49.7 Å². The molecule has 0 aliphatic carbocycles. The molecule has 1 amide bonds. The molecule has 1 unspecified atom stereocenters. The van der Waals surface area contributed by atoms with Crippen LogP contribution in [0.2, 0.25) is 0 Å². The number of aryl methyl sites for hydroxylation is 1. The van der Waals surface area contributed by atoms with Crippen molar-refractivity contribution in [3.63, 3.8) is 0 Å². The fraction of sp³-hybridized carbons (Fsp3) is 0.280. The standard InChI is InChI=1S/C25H25NO6/c1-3-4-12-30-18-8-5-7-17(14-18)23(27)21-22(20-11-10-16(2)32-20)26(25(29)24(21)28)15-19-9-6-13-31-19/h5-11,13-14,22,27H,3-4,12,15H2,1-2H3/b23-21+. The number of likely N-dealkylation sites (tertiary alicyclic amines) is 1. The van der Waals surface area contributed by atoms with Crippen molar-refractivity contribution in [3.8, 4) is 5.75 Å². The molecule has 1 aliphatic heterocycles. The number of amides is 1. The zero-order chi connectivity index (χ0) is 22.7. The Morgan fingerprint density at radius 3 is 2.69 bits per heavy atom. The molecule has 0 saturated carbocycles. The summed E-state index contributed by atoms with van der Waals surface area (Å²) in [6.07, 6.45) is 3.41. The smallest absolute Gasteiger partial charge is 0.296 e. The van der Waals surface area contributed by atoms with Crippen molar-refractivity contribution < 1.29 is 28.3 Å². The van der Waals surface area contributed by atoms with Crippen LogP contribution in [0.1, 0.15) is 48.7 Å². The summed E-state index contributed by atoms with van der Waals surface area (Å²) >= 11 is 0. The maximum absolute atomic E-state index is 13.0. The monoisotopic (exact) mass is 435 g/mol. The van der Waals surface area contributed by atoms with E-state index in [4.69, 9.17) is 13.6 Å². The molecule has 4 rings (SSSR count). The van der Waals surface area contributed by atoms with Crippen molar-refractivity contribution in [2.45, 2.75) is 39.3 Å². The molecular formula is C25H25NO6. The number of ketones is 1. The number of nitrogens with zero attached hydrogens (tertiary/aromatic N) is 1. The Morgan fingerprint density at radius 2 is 2.00 bits per heavy atom. The van der Waals surface area contributed by atoms with E-state index in [0.717, 1.165) is 12.8 Å². The molecule has 1 aromatic carbocycles. The molecule has 3 aromatic rings. The Bertz CT molecular complexity index is 1140. The van der Waals surface area contributed by atoms with Gasteiger partial charge in [-0.2, -0.15) is 0 Å². The molecule has 7 nitrogen and oxygen atoms in total. The average molecular weight is 435 g/mol. The summed E-state index contributed by atoms with van der Waals surface area (Å²) in [7, 11) is 0. The normalized spacial score (nSPS) is 17.8. The number of unbranched alkanes of at least 4 members (excludes halogenated alkanes) is 1. The van der Waals surface area contributed by atoms with Crippen LogP contribution in [0.5, 0.6) is 5.75 Å². The molecule has 0 radical (unpaired) electrons. The lowest BCUT2D eigenvalue weighted by Gasteiger charge is -2.22. The number of rotatable bonds is 8. The molecule has 166 valence electrons. The Morgan fingerprint density at radius 1 is 1.16 bits per heavy atom. The van der Waals surface area contributed by atoms with Crippen LogP contribution in [0, 0.1) is 6.92 Å². The second-order valence-electron chi connectivity index (χ2n) is 7.68. The molecule has 32 heavy (non-hydrogen) atoms. The van der Waals surface area contributed by atoms with Crippen molar-refractivity contribution >= 4 is 17.4 Å². The first-order chi connectivity index (χ1) is 15.5. The molecule has 0 bridgehead atoms. The fourth-order valence-corrected chi connectivity index (χ4v) is 3.73. The summed E-state index contributed by atoms with van der Waals surface area (Å²) in [5.74, 6) is 0.359. The summed E-state index contributed by atoms with van der Waals surface area (Å²) < 4.78 is 16.9. The van der Waals surface area contributed by atoms with E-state index in [-0.39, 0.29) is 17.9 Å². The number of aliphatic hydroxyl groups excluding tert-OH is 1. The number of ether oxygens (including phenoxy) is 1. The summed E-state index contributed by atoms with van der Waals surface area (Å²) in [6.45, 7) is 4.47. The third-order valence-electron chi connectivity index (χ3n) is 5.35. The van der Waals surface area contributed by atoms with Gasteiger partial charge in [-0.1, -0.05) is 25.5 Å². The number of aliphatic hydroxyl groups is 1. The van der Waals surface area contributed by atoms with E-state index in [2.05, 4.69) is 6.92 Å². The zero-order valence-corrected chi connectivity index (χ0v) is 18.0. The first-order valence-electron chi connectivity index (χ1n) is 10.6. The second-order valence-corrected chi connectivity index (χ2v) is 7.68. The third-order valence-corrected chi connectivity index (χ3v) is 5.35. The van der Waals surface area contributed by atoms with Gasteiger partial charge in [-0.3, -0.25) is 9.59 Å². The Hall–Kier alpha value is -3.74. The predicted octanol–water partition coefficient (Wildman–Crippen LogP) is 4.98. The van der Waals surface area contributed by atoms with Crippen molar-refractivity contribution in [3.05, 3.63) is 83.2 Å². The van der Waals surface area contributed by atoms with Gasteiger partial charge in [-0.15, -0.1) is 0 Å². The highest BCUT2D eigenvalue weighted by Crippen LogP contribution is 2.41. The highest BCUT2D eigenvalue weighted by atomic mass is 16.5. The average Bonchev–Trinajstić information content (AvgIpc) is 3.51. The Kier molecular flexibility index (Phi) is 6.16. The van der Waals surface area contributed by atoms with E-state index < -0.39 is 17.7 Å². The number of benzene rings is 1. The van der Waals surface area contributed by atoms with Crippen LogP contribution in [0.3, 0.4) is 0 Å². The Labute approximate surface area is 185 Å². The van der Waals surface area contributed by atoms with Gasteiger partial charge in [0.2, 0.25) is 0 Å². The van der Waals surface area contributed by atoms with Gasteiger partial charge in [0.1, 0.15) is 34.8 Å². The van der Waals surface area contributed by atoms with Crippen LogP contribution >= 0.6 is 0 Å². The number of carbonyl (C=O) groups excluding carboxylic acids is 2. The maximum atomic E-state index is 13.0. The van der Waals surface area contributed by atoms with E-state index in [1.165, 1.54) is 11.2 Å². The summed E-state index contributed by atoms with van der Waals surface area (Å²) in [4.78, 5) is 27.3. The highest BCUT2D eigenvalue weighted by molar-refractivity contribution is 6.46. The molecular weight excluding hydrogens is 410 g/mol. The van der Waals surface area contributed by atoms with Gasteiger partial charge in [0.15, 0.2) is 0 Å². The van der Waals surface area contributed by atoms with Crippen LogP contribution in [0.25, 0.3) is 5.76 Å². The SMILES string of the molecule is CCCCOc1cccc(/C(O)=C2\C(=O)C(=O)N(Cc3ccco3)C2c2ccc(C)o2)c1. The molecule has 1 N–H and O–H groups in total. The van der Waals surface area contributed by atoms with Crippen molar-refractivity contribution in [2.75, 3.05) is 6.61 Å². The summed E-state index contributed by atoms with van der Waals surface area (Å²) in [6, 6.07) is 12.9. The molecule has 3 heterocycles. The summed E-state index contributed by atoms with van der Waals surface area (Å²) in [5.41, 5.74) is 0.366. The molecule has 1 aliphatic rings. The van der Waals surface area contributed by atoms with Crippen LogP contribution < -0.4 is 4.74 Å². The second kappa shape index (κ2) is 9.18. The van der Waals surface area contributed by atoms with E-state index in [0.29, 0.717) is 35.2 Å². The maximum Gasteiger partial charge on any atom is 0.296 e. The molecule has 1 atom stereocenters. The molecule has 1 fully saturated rings. The van der Waals surface area contributed by atoms with Crippen LogP contribution in [-0.2, 0) is 16.1 Å². The van der Waals surface area contributed by atoms with E-state index >= 15 is 0 Å². The zero-order valence-electron chi connectivity index (χ0n) is 18.0. The minimum absolute atomic E-state index is 0.0263. The molecule has 7 heteroatoms. The van der Waals surface area contributed by atoms with Gasteiger partial charge in [-0.25, -0.2) is 0 Å². The third kappa shape index (κ3) is 4.19. The lowest BCUT2D eigenvalue weighted by molar-refractivity contribution is -0.140. The number of carbonyl (C=O) groups is 2. The lowest BCUT2D eigenvalue weighted by atomic mass is 9.99. The largest absolute Gasteiger partial charge is 0.507 e. The van der Waals surface area contributed by atoms with E-state index in [9.17, 15) is 14.7 Å². The molecule has 0 spiro atoms. The minimum atomic E-state index is -0.876. The lowest BCUT2D eigenvalue weighted by Crippen LogP contribution is -2.28. The van der Waals surface area contributed by atoms with Gasteiger partial charge < -0.3 is 23.6 Å². The summed E-state index contributed by atoms with van der Waals surface area (Å²) in [5, 5.41) is 11.1. The topological polar surface area (TPSA) is 93.1 Å². The van der Waals surface area contributed by atoms with Crippen LogP contribution in [0.4, 0.5) is 0 Å². The molecule has 1 saturated heterocycles. The van der Waals surface area contributed by atoms with E-state index in [1.54, 1.807) is 55.5 Å². The number of hydrogen-bond acceptors (Lipinski definition) is 6. The highest BCUT2D eigenvalue weighted by Gasteiger charge is 2.47. The minimum Gasteiger partial charge on any atom is -0.507 e. The van der Waals surface area contributed by atoms with E-state index in [1.807, 2.05) is 0 Å². The number of furan rings is 2. The number of Topliss-reactive ketones (excluding diaryl/α,β-unsaturated/α-hetero) is 1. The van der Waals surface area contributed by atoms with Gasteiger partial charge in [0, 0.05) is 5.56 Å². The predicted molar refractivity (Wildman–Crippen MR) is 117 cm³/mol. The van der Waals surface area contributed by atoms with Gasteiger partial charge >= 0.3 is 0 Å². The molecule has 2 aromatic heterocycles. The Balaban J connectivity index is 1.76. The van der Waals surface area contributed by atoms with Crippen LogP contribution in [-0.4, -0.2) is 28.3 Å². The van der Waals surface area contributed by atoms with Gasteiger partial charge in [0.05, 0.1) is 25.0 Å². The van der Waals surface area contributed by atoms with Crippen molar-refractivity contribution in [2.24, 2.45) is 0 Å². The first-order valence-corrected chi connectivity index (χ1v) is 10.6. The number of hydrogen-bond donors (Lipinski definition) is 1. The first kappa shape index (κ1) is 21.5. The van der Waals surface area contributed by atoms with Crippen molar-refractivity contribution in [1.29, 1.82) is 0 Å². The quantitative estimate of drug-likeness (QED) is 0.232. The van der Waals surface area contributed by atoms with Crippen molar-refractivity contribution in [1.82, 2.24) is 4.90 Å². The fourth-order valence-electron chi connectivity index (χ4n) is 3.73. The van der Waals surface area contributed by atoms with Crippen LogP contribution in [0.15, 0.2) is 69.2 Å². The van der Waals surface area contributed by atoms with Gasteiger partial charge in [0.25, 0.3) is 11.7 Å².